The van der Waals surface area contributed by atoms with Gasteiger partial charge in [-0.15, -0.1) is 0 Å². The first kappa shape index (κ1) is 18.7. The van der Waals surface area contributed by atoms with Crippen LogP contribution < -0.4 is 10.0 Å². The van der Waals surface area contributed by atoms with Gasteiger partial charge < -0.3 is 5.32 Å². The van der Waals surface area contributed by atoms with Crippen molar-refractivity contribution < 1.29 is 8.42 Å². The molecule has 5 nitrogen and oxygen atoms in total. The highest BCUT2D eigenvalue weighted by Crippen LogP contribution is 2.27. The summed E-state index contributed by atoms with van der Waals surface area (Å²) in [5.74, 6) is 0. The van der Waals surface area contributed by atoms with Crippen LogP contribution in [0, 0.1) is 0 Å². The topological polar surface area (TPSA) is 61.4 Å². The van der Waals surface area contributed by atoms with Crippen LogP contribution in [0.15, 0.2) is 22.7 Å². The third-order valence-electron chi connectivity index (χ3n) is 2.78. The van der Waals surface area contributed by atoms with Crippen molar-refractivity contribution >= 4 is 43.4 Å². The minimum absolute atomic E-state index is 0.398. The molecule has 0 heterocycles. The van der Waals surface area contributed by atoms with Crippen molar-refractivity contribution in [2.45, 2.75) is 26.3 Å². The smallest absolute Gasteiger partial charge is 0.301 e. The Kier molecular flexibility index (Phi) is 7.42. The summed E-state index contributed by atoms with van der Waals surface area (Å²) in [7, 11) is -2.01. The molecule has 0 aliphatic rings. The minimum atomic E-state index is -3.57. The Hall–Kier alpha value is -0.340. The molecule has 0 atom stereocenters. The number of benzene rings is 1. The van der Waals surface area contributed by atoms with E-state index in [1.807, 2.05) is 0 Å². The molecular weight excluding hydrogens is 378 g/mol. The van der Waals surface area contributed by atoms with E-state index in [4.69, 9.17) is 11.6 Å². The van der Waals surface area contributed by atoms with Crippen LogP contribution in [0.2, 0.25) is 5.02 Å². The van der Waals surface area contributed by atoms with Gasteiger partial charge in [0.2, 0.25) is 0 Å². The fourth-order valence-corrected chi connectivity index (χ4v) is 3.50. The standard InChI is InChI=1S/C13H21BrClN3O2S/c1-10(2)16-7-4-8-18(3)21(19,20)17-13-6-5-11(15)9-12(13)14/h5-6,9-10,16-17H,4,7-8H2,1-3H3. The summed E-state index contributed by atoms with van der Waals surface area (Å²) in [6.45, 7) is 5.34. The zero-order chi connectivity index (χ0) is 16.0. The largest absolute Gasteiger partial charge is 0.314 e. The first-order valence-corrected chi connectivity index (χ1v) is 9.26. The molecule has 0 aliphatic heterocycles. The zero-order valence-corrected chi connectivity index (χ0v) is 15.5. The Morgan fingerprint density at radius 2 is 2.05 bits per heavy atom. The van der Waals surface area contributed by atoms with E-state index in [1.54, 1.807) is 25.2 Å². The SMILES string of the molecule is CC(C)NCCCN(C)S(=O)(=O)Nc1ccc(Cl)cc1Br. The third kappa shape index (κ3) is 6.52. The molecule has 2 N–H and O–H groups in total. The molecule has 120 valence electrons. The van der Waals surface area contributed by atoms with Crippen LogP contribution in [0.1, 0.15) is 20.3 Å². The van der Waals surface area contributed by atoms with Crippen molar-refractivity contribution in [1.82, 2.24) is 9.62 Å². The van der Waals surface area contributed by atoms with Crippen molar-refractivity contribution in [3.8, 4) is 0 Å². The average molecular weight is 399 g/mol. The van der Waals surface area contributed by atoms with E-state index in [9.17, 15) is 8.42 Å². The van der Waals surface area contributed by atoms with Gasteiger partial charge in [-0.1, -0.05) is 25.4 Å². The average Bonchev–Trinajstić information content (AvgIpc) is 2.37. The van der Waals surface area contributed by atoms with Crippen LogP contribution in [-0.2, 0) is 10.2 Å². The first-order valence-electron chi connectivity index (χ1n) is 6.65. The quantitative estimate of drug-likeness (QED) is 0.662. The molecule has 1 aromatic rings. The lowest BCUT2D eigenvalue weighted by molar-refractivity contribution is 0.451. The van der Waals surface area contributed by atoms with Crippen LogP contribution in [0.5, 0.6) is 0 Å². The number of halogens is 2. The third-order valence-corrected chi connectivity index (χ3v) is 5.16. The maximum atomic E-state index is 12.2. The molecule has 0 unspecified atom stereocenters. The number of nitrogens with zero attached hydrogens (tertiary/aromatic N) is 1. The van der Waals surface area contributed by atoms with E-state index < -0.39 is 10.2 Å². The second-order valence-corrected chi connectivity index (χ2v) is 8.08. The summed E-state index contributed by atoms with van der Waals surface area (Å²) < 4.78 is 28.9. The summed E-state index contributed by atoms with van der Waals surface area (Å²) in [6, 6.07) is 5.30. The maximum Gasteiger partial charge on any atom is 0.301 e. The second kappa shape index (κ2) is 8.33. The molecule has 0 saturated heterocycles. The molecule has 0 bridgehead atoms. The number of nitrogens with one attached hydrogen (secondary N) is 2. The molecule has 0 amide bonds. The predicted molar refractivity (Wildman–Crippen MR) is 92.1 cm³/mol. The van der Waals surface area contributed by atoms with Crippen molar-refractivity contribution in [2.24, 2.45) is 0 Å². The minimum Gasteiger partial charge on any atom is -0.314 e. The predicted octanol–water partition coefficient (Wildman–Crippen LogP) is 3.08. The molecule has 1 aromatic carbocycles. The van der Waals surface area contributed by atoms with Gasteiger partial charge in [-0.3, -0.25) is 4.72 Å². The summed E-state index contributed by atoms with van der Waals surface area (Å²) >= 11 is 9.12. The van der Waals surface area contributed by atoms with E-state index in [-0.39, 0.29) is 0 Å². The summed E-state index contributed by atoms with van der Waals surface area (Å²) in [5, 5.41) is 3.79. The highest BCUT2D eigenvalue weighted by Gasteiger charge is 2.18. The maximum absolute atomic E-state index is 12.2. The Balaban J connectivity index is 2.59. The van der Waals surface area contributed by atoms with Gasteiger partial charge in [-0.2, -0.15) is 12.7 Å². The van der Waals surface area contributed by atoms with Gasteiger partial charge in [0.05, 0.1) is 5.69 Å². The van der Waals surface area contributed by atoms with E-state index in [0.29, 0.717) is 27.8 Å². The lowest BCUT2D eigenvalue weighted by Gasteiger charge is -2.19. The number of anilines is 1. The van der Waals surface area contributed by atoms with E-state index in [0.717, 1.165) is 13.0 Å². The molecular formula is C13H21BrClN3O2S. The Morgan fingerprint density at radius 1 is 1.38 bits per heavy atom. The molecule has 0 spiro atoms. The molecule has 21 heavy (non-hydrogen) atoms. The van der Waals surface area contributed by atoms with Gasteiger partial charge in [0.1, 0.15) is 0 Å². The van der Waals surface area contributed by atoms with Crippen LogP contribution in [-0.4, -0.2) is 38.9 Å². The van der Waals surface area contributed by atoms with Crippen molar-refractivity contribution in [3.05, 3.63) is 27.7 Å². The van der Waals surface area contributed by atoms with Crippen LogP contribution >= 0.6 is 27.5 Å². The highest BCUT2D eigenvalue weighted by molar-refractivity contribution is 9.10. The van der Waals surface area contributed by atoms with E-state index in [1.165, 1.54) is 4.31 Å². The summed E-state index contributed by atoms with van der Waals surface area (Å²) in [5.41, 5.74) is 0.464. The van der Waals surface area contributed by atoms with E-state index in [2.05, 4.69) is 39.8 Å². The van der Waals surface area contributed by atoms with Gasteiger partial charge in [0.25, 0.3) is 0 Å². The highest BCUT2D eigenvalue weighted by atomic mass is 79.9. The summed E-state index contributed by atoms with van der Waals surface area (Å²) in [4.78, 5) is 0. The fourth-order valence-electron chi connectivity index (χ4n) is 1.60. The molecule has 0 aliphatic carbocycles. The first-order chi connectivity index (χ1) is 9.72. The zero-order valence-electron chi connectivity index (χ0n) is 12.4. The van der Waals surface area contributed by atoms with Crippen molar-refractivity contribution in [3.63, 3.8) is 0 Å². The molecule has 0 fully saturated rings. The Labute approximate surface area is 140 Å². The molecule has 0 saturated carbocycles. The Morgan fingerprint density at radius 3 is 2.62 bits per heavy atom. The van der Waals surface area contributed by atoms with Crippen LogP contribution in [0.25, 0.3) is 0 Å². The number of hydrogen-bond acceptors (Lipinski definition) is 3. The van der Waals surface area contributed by atoms with Crippen molar-refractivity contribution in [1.29, 1.82) is 0 Å². The van der Waals surface area contributed by atoms with Crippen LogP contribution in [0.4, 0.5) is 5.69 Å². The van der Waals surface area contributed by atoms with Gasteiger partial charge in [0, 0.05) is 29.1 Å². The molecule has 1 rings (SSSR count). The van der Waals surface area contributed by atoms with Gasteiger partial charge in [-0.05, 0) is 47.1 Å². The normalized spacial score (nSPS) is 12.1. The number of rotatable bonds is 8. The van der Waals surface area contributed by atoms with E-state index >= 15 is 0 Å². The van der Waals surface area contributed by atoms with Gasteiger partial charge in [-0.25, -0.2) is 0 Å². The molecule has 0 radical (unpaired) electrons. The van der Waals surface area contributed by atoms with Crippen LogP contribution in [0.3, 0.4) is 0 Å². The fraction of sp³-hybridized carbons (Fsp3) is 0.538. The monoisotopic (exact) mass is 397 g/mol. The number of hydrogen-bond donors (Lipinski definition) is 2. The second-order valence-electron chi connectivity index (χ2n) is 5.02. The Bertz CT molecular complexity index is 567. The lowest BCUT2D eigenvalue weighted by Crippen LogP contribution is -2.35. The van der Waals surface area contributed by atoms with Gasteiger partial charge in [0.15, 0.2) is 0 Å². The van der Waals surface area contributed by atoms with Crippen molar-refractivity contribution in [2.75, 3.05) is 24.9 Å². The van der Waals surface area contributed by atoms with Gasteiger partial charge >= 0.3 is 10.2 Å². The molecule has 8 heteroatoms. The molecule has 0 aromatic heterocycles. The lowest BCUT2D eigenvalue weighted by atomic mass is 10.3. The summed E-state index contributed by atoms with van der Waals surface area (Å²) in [6.07, 6.45) is 0.747.